The first-order valence-electron chi connectivity index (χ1n) is 7.39. The summed E-state index contributed by atoms with van der Waals surface area (Å²) in [7, 11) is 0. The summed E-state index contributed by atoms with van der Waals surface area (Å²) in [5, 5.41) is 11.6. The lowest BCUT2D eigenvalue weighted by atomic mass is 9.87. The fourth-order valence-electron chi connectivity index (χ4n) is 3.08. The topological polar surface area (TPSA) is 69.6 Å². The van der Waals surface area contributed by atoms with Gasteiger partial charge in [-0.1, -0.05) is 32.1 Å². The monoisotopic (exact) mass is 268 g/mol. The lowest BCUT2D eigenvalue weighted by Gasteiger charge is -2.38. The molecular formula is C14H24N2O3. The Kier molecular flexibility index (Phi) is 5.05. The highest BCUT2D eigenvalue weighted by Gasteiger charge is 2.31. The molecule has 0 radical (unpaired) electrons. The quantitative estimate of drug-likeness (QED) is 0.802. The third-order valence-corrected chi connectivity index (χ3v) is 4.26. The zero-order valence-corrected chi connectivity index (χ0v) is 11.4. The molecule has 1 aliphatic heterocycles. The minimum Gasteiger partial charge on any atom is -0.481 e. The van der Waals surface area contributed by atoms with Crippen LogP contribution in [0.2, 0.25) is 0 Å². The van der Waals surface area contributed by atoms with Crippen molar-refractivity contribution < 1.29 is 14.7 Å². The summed E-state index contributed by atoms with van der Waals surface area (Å²) in [5.41, 5.74) is 0. The second-order valence-electron chi connectivity index (χ2n) is 5.89. The number of carbonyl (C=O) groups is 2. The number of hydrogen-bond donors (Lipinski definition) is 2. The molecule has 2 aliphatic rings. The van der Waals surface area contributed by atoms with Crippen LogP contribution in [0.3, 0.4) is 0 Å². The van der Waals surface area contributed by atoms with Gasteiger partial charge in [0.05, 0.1) is 6.42 Å². The van der Waals surface area contributed by atoms with Crippen LogP contribution in [0.25, 0.3) is 0 Å². The molecule has 2 fully saturated rings. The average molecular weight is 268 g/mol. The zero-order chi connectivity index (χ0) is 13.7. The second-order valence-corrected chi connectivity index (χ2v) is 5.89. The number of aliphatic carboxylic acids is 1. The molecule has 19 heavy (non-hydrogen) atoms. The SMILES string of the molecule is O=C(O)CC1CN(C(=O)NCCC2CCCCC2)C1. The molecule has 0 spiro atoms. The Morgan fingerprint density at radius 1 is 1.11 bits per heavy atom. The minimum atomic E-state index is -0.776. The molecule has 5 nitrogen and oxygen atoms in total. The van der Waals surface area contributed by atoms with E-state index in [-0.39, 0.29) is 18.4 Å². The molecule has 1 aliphatic carbocycles. The smallest absolute Gasteiger partial charge is 0.317 e. The summed E-state index contributed by atoms with van der Waals surface area (Å²) in [4.78, 5) is 24.0. The summed E-state index contributed by atoms with van der Waals surface area (Å²) in [6.07, 6.45) is 7.90. The summed E-state index contributed by atoms with van der Waals surface area (Å²) < 4.78 is 0. The molecule has 0 aromatic carbocycles. The lowest BCUT2D eigenvalue weighted by molar-refractivity contribution is -0.139. The van der Waals surface area contributed by atoms with Gasteiger partial charge in [-0.3, -0.25) is 4.79 Å². The summed E-state index contributed by atoms with van der Waals surface area (Å²) in [5.74, 6) is 0.147. The number of carboxylic acid groups (broad SMARTS) is 1. The van der Waals surface area contributed by atoms with Gasteiger partial charge < -0.3 is 15.3 Å². The van der Waals surface area contributed by atoms with Crippen molar-refractivity contribution in [1.82, 2.24) is 10.2 Å². The summed E-state index contributed by atoms with van der Waals surface area (Å²) in [6.45, 7) is 1.92. The Morgan fingerprint density at radius 2 is 1.79 bits per heavy atom. The molecule has 0 aromatic rings. The molecule has 0 aromatic heterocycles. The van der Waals surface area contributed by atoms with Crippen LogP contribution in [-0.4, -0.2) is 41.6 Å². The normalized spacial score (nSPS) is 20.9. The van der Waals surface area contributed by atoms with Crippen molar-refractivity contribution in [2.24, 2.45) is 11.8 Å². The highest BCUT2D eigenvalue weighted by molar-refractivity contribution is 5.75. The highest BCUT2D eigenvalue weighted by atomic mass is 16.4. The number of rotatable bonds is 5. The maximum absolute atomic E-state index is 11.8. The van der Waals surface area contributed by atoms with Gasteiger partial charge in [0, 0.05) is 25.6 Å². The van der Waals surface area contributed by atoms with Crippen LogP contribution >= 0.6 is 0 Å². The van der Waals surface area contributed by atoms with Crippen molar-refractivity contribution >= 4 is 12.0 Å². The summed E-state index contributed by atoms with van der Waals surface area (Å²) >= 11 is 0. The van der Waals surface area contributed by atoms with Crippen LogP contribution in [0.15, 0.2) is 0 Å². The maximum atomic E-state index is 11.8. The molecule has 2 rings (SSSR count). The van der Waals surface area contributed by atoms with Crippen molar-refractivity contribution in [3.05, 3.63) is 0 Å². The van der Waals surface area contributed by atoms with Crippen molar-refractivity contribution in [3.8, 4) is 0 Å². The van der Waals surface area contributed by atoms with E-state index in [1.807, 2.05) is 0 Å². The van der Waals surface area contributed by atoms with Crippen LogP contribution in [0.5, 0.6) is 0 Å². The van der Waals surface area contributed by atoms with Crippen molar-refractivity contribution in [1.29, 1.82) is 0 Å². The first-order valence-corrected chi connectivity index (χ1v) is 7.39. The molecule has 0 bridgehead atoms. The van der Waals surface area contributed by atoms with Crippen LogP contribution in [0.4, 0.5) is 4.79 Å². The number of urea groups is 1. The van der Waals surface area contributed by atoms with Gasteiger partial charge in [-0.15, -0.1) is 0 Å². The fourth-order valence-corrected chi connectivity index (χ4v) is 3.08. The van der Waals surface area contributed by atoms with E-state index in [4.69, 9.17) is 5.11 Å². The standard InChI is InChI=1S/C14H24N2O3/c17-13(18)8-12-9-16(10-12)14(19)15-7-6-11-4-2-1-3-5-11/h11-12H,1-10H2,(H,15,19)(H,17,18). The van der Waals surface area contributed by atoms with Gasteiger partial charge in [-0.2, -0.15) is 0 Å². The molecule has 2 amide bonds. The third kappa shape index (κ3) is 4.40. The Balaban J connectivity index is 1.54. The lowest BCUT2D eigenvalue weighted by Crippen LogP contribution is -2.54. The number of hydrogen-bond acceptors (Lipinski definition) is 2. The third-order valence-electron chi connectivity index (χ3n) is 4.26. The molecular weight excluding hydrogens is 244 g/mol. The van der Waals surface area contributed by atoms with E-state index in [2.05, 4.69) is 5.32 Å². The van der Waals surface area contributed by atoms with Gasteiger partial charge in [-0.05, 0) is 12.3 Å². The number of carbonyl (C=O) groups excluding carboxylic acids is 1. The summed E-state index contributed by atoms with van der Waals surface area (Å²) in [6, 6.07) is -0.0301. The van der Waals surface area contributed by atoms with Gasteiger partial charge in [0.15, 0.2) is 0 Å². The van der Waals surface area contributed by atoms with E-state index in [0.29, 0.717) is 13.1 Å². The molecule has 1 saturated carbocycles. The molecule has 0 unspecified atom stereocenters. The van der Waals surface area contributed by atoms with E-state index >= 15 is 0 Å². The number of likely N-dealkylation sites (tertiary alicyclic amines) is 1. The highest BCUT2D eigenvalue weighted by Crippen LogP contribution is 2.25. The van der Waals surface area contributed by atoms with Crippen LogP contribution in [-0.2, 0) is 4.79 Å². The van der Waals surface area contributed by atoms with Crippen LogP contribution < -0.4 is 5.32 Å². The molecule has 0 atom stereocenters. The molecule has 1 heterocycles. The van der Waals surface area contributed by atoms with Gasteiger partial charge in [-0.25, -0.2) is 4.79 Å². The Hall–Kier alpha value is -1.26. The Morgan fingerprint density at radius 3 is 2.42 bits per heavy atom. The second kappa shape index (κ2) is 6.78. The van der Waals surface area contributed by atoms with Gasteiger partial charge in [0.25, 0.3) is 0 Å². The number of carboxylic acids is 1. The molecule has 1 saturated heterocycles. The Bertz CT molecular complexity index is 321. The van der Waals surface area contributed by atoms with E-state index in [1.54, 1.807) is 4.90 Å². The number of nitrogens with one attached hydrogen (secondary N) is 1. The van der Waals surface area contributed by atoms with Gasteiger partial charge >= 0.3 is 12.0 Å². The van der Waals surface area contributed by atoms with E-state index in [1.165, 1.54) is 32.1 Å². The van der Waals surface area contributed by atoms with E-state index in [9.17, 15) is 9.59 Å². The van der Waals surface area contributed by atoms with Crippen LogP contribution in [0, 0.1) is 11.8 Å². The van der Waals surface area contributed by atoms with E-state index in [0.717, 1.165) is 18.9 Å². The fraction of sp³-hybridized carbons (Fsp3) is 0.857. The first kappa shape index (κ1) is 14.2. The van der Waals surface area contributed by atoms with Crippen molar-refractivity contribution in [3.63, 3.8) is 0 Å². The van der Waals surface area contributed by atoms with Gasteiger partial charge in [0.1, 0.15) is 0 Å². The van der Waals surface area contributed by atoms with Gasteiger partial charge in [0.2, 0.25) is 0 Å². The molecule has 108 valence electrons. The van der Waals surface area contributed by atoms with Crippen molar-refractivity contribution in [2.75, 3.05) is 19.6 Å². The predicted octanol–water partition coefficient (Wildman–Crippen LogP) is 2.07. The van der Waals surface area contributed by atoms with E-state index < -0.39 is 5.97 Å². The predicted molar refractivity (Wildman–Crippen MR) is 71.9 cm³/mol. The average Bonchev–Trinajstić information content (AvgIpc) is 2.34. The molecule has 5 heteroatoms. The minimum absolute atomic E-state index is 0.0301. The largest absolute Gasteiger partial charge is 0.481 e. The Labute approximate surface area is 114 Å². The zero-order valence-electron chi connectivity index (χ0n) is 11.4. The number of nitrogens with zero attached hydrogens (tertiary/aromatic N) is 1. The van der Waals surface area contributed by atoms with Crippen LogP contribution in [0.1, 0.15) is 44.9 Å². The maximum Gasteiger partial charge on any atom is 0.317 e. The van der Waals surface area contributed by atoms with Crippen molar-refractivity contribution in [2.45, 2.75) is 44.9 Å². The first-order chi connectivity index (χ1) is 9.15. The molecule has 2 N–H and O–H groups in total. The number of amides is 2.